The van der Waals surface area contributed by atoms with Crippen LogP contribution in [-0.2, 0) is 6.42 Å². The Bertz CT molecular complexity index is 792. The molecule has 2 N–H and O–H groups in total. The Morgan fingerprint density at radius 3 is 2.52 bits per heavy atom. The van der Waals surface area contributed by atoms with Gasteiger partial charge in [-0.25, -0.2) is 4.98 Å². The topological polar surface area (TPSA) is 38.9 Å². The molecule has 0 saturated heterocycles. The first kappa shape index (κ1) is 15.8. The number of benzene rings is 2. The van der Waals surface area contributed by atoms with Crippen molar-refractivity contribution < 1.29 is 0 Å². The summed E-state index contributed by atoms with van der Waals surface area (Å²) < 4.78 is 0. The molecule has 1 heterocycles. The van der Waals surface area contributed by atoms with Crippen molar-refractivity contribution in [1.82, 2.24) is 4.98 Å². The predicted molar refractivity (Wildman–Crippen MR) is 101 cm³/mol. The van der Waals surface area contributed by atoms with Crippen molar-refractivity contribution >= 4 is 27.5 Å². The molecule has 0 bridgehead atoms. The molecule has 0 aliphatic rings. The summed E-state index contributed by atoms with van der Waals surface area (Å²) in [7, 11) is 0. The van der Waals surface area contributed by atoms with E-state index in [0.29, 0.717) is 0 Å². The molecular formula is C21H26N2. The maximum absolute atomic E-state index is 6.27. The van der Waals surface area contributed by atoms with E-state index >= 15 is 0 Å². The van der Waals surface area contributed by atoms with E-state index in [4.69, 9.17) is 10.7 Å². The first-order valence-corrected chi connectivity index (χ1v) is 8.86. The molecule has 120 valence electrons. The number of rotatable bonds is 7. The molecule has 0 unspecified atom stereocenters. The van der Waals surface area contributed by atoms with Crippen LogP contribution in [0.5, 0.6) is 0 Å². The molecule has 3 aromatic rings. The fourth-order valence-corrected chi connectivity index (χ4v) is 3.29. The number of aryl methyl sites for hydroxylation is 1. The van der Waals surface area contributed by atoms with Crippen LogP contribution in [0.3, 0.4) is 0 Å². The van der Waals surface area contributed by atoms with Crippen LogP contribution < -0.4 is 5.73 Å². The molecule has 0 atom stereocenters. The van der Waals surface area contributed by atoms with Crippen LogP contribution >= 0.6 is 0 Å². The number of fused-ring (bicyclic) bond motifs is 2. The Morgan fingerprint density at radius 2 is 1.65 bits per heavy atom. The Kier molecular flexibility index (Phi) is 5.12. The smallest absolute Gasteiger partial charge is 0.0714 e. The number of anilines is 1. The number of nitrogens with two attached hydrogens (primary N) is 1. The van der Waals surface area contributed by atoms with Crippen LogP contribution in [-0.4, -0.2) is 4.98 Å². The second-order valence-electron chi connectivity index (χ2n) is 6.40. The maximum atomic E-state index is 6.27. The molecule has 0 saturated carbocycles. The lowest BCUT2D eigenvalue weighted by Gasteiger charge is -2.11. The van der Waals surface area contributed by atoms with Gasteiger partial charge in [0.2, 0.25) is 0 Å². The summed E-state index contributed by atoms with van der Waals surface area (Å²) in [5, 5.41) is 2.41. The van der Waals surface area contributed by atoms with E-state index in [1.165, 1.54) is 54.9 Å². The highest BCUT2D eigenvalue weighted by Crippen LogP contribution is 2.28. The number of nitrogen functional groups attached to an aromatic ring is 1. The molecule has 0 spiro atoms. The second-order valence-corrected chi connectivity index (χ2v) is 6.40. The normalized spacial score (nSPS) is 11.3. The molecule has 1 aromatic heterocycles. The van der Waals surface area contributed by atoms with Crippen molar-refractivity contribution in [3.8, 4) is 0 Å². The zero-order chi connectivity index (χ0) is 16.1. The van der Waals surface area contributed by atoms with Gasteiger partial charge in [0.1, 0.15) is 0 Å². The van der Waals surface area contributed by atoms with Gasteiger partial charge in [-0.15, -0.1) is 0 Å². The lowest BCUT2D eigenvalue weighted by atomic mass is 9.98. The molecule has 0 aliphatic carbocycles. The molecule has 23 heavy (non-hydrogen) atoms. The lowest BCUT2D eigenvalue weighted by molar-refractivity contribution is 0.608. The third-order valence-corrected chi connectivity index (χ3v) is 4.63. The zero-order valence-corrected chi connectivity index (χ0v) is 14.0. The minimum Gasteiger partial charge on any atom is -0.398 e. The Hall–Kier alpha value is -2.09. The van der Waals surface area contributed by atoms with Gasteiger partial charge in [-0.2, -0.15) is 0 Å². The van der Waals surface area contributed by atoms with E-state index < -0.39 is 0 Å². The summed E-state index contributed by atoms with van der Waals surface area (Å²) in [6.07, 6.45) is 8.89. The van der Waals surface area contributed by atoms with Gasteiger partial charge in [0, 0.05) is 16.5 Å². The Balaban J connectivity index is 1.83. The summed E-state index contributed by atoms with van der Waals surface area (Å²) in [5.41, 5.74) is 10.6. The van der Waals surface area contributed by atoms with Gasteiger partial charge in [-0.1, -0.05) is 57.2 Å². The van der Waals surface area contributed by atoms with Crippen LogP contribution in [0.4, 0.5) is 5.69 Å². The van der Waals surface area contributed by atoms with Crippen molar-refractivity contribution in [2.45, 2.75) is 51.9 Å². The van der Waals surface area contributed by atoms with Crippen molar-refractivity contribution in [3.63, 3.8) is 0 Å². The van der Waals surface area contributed by atoms with Crippen molar-refractivity contribution in [2.24, 2.45) is 0 Å². The van der Waals surface area contributed by atoms with Crippen LogP contribution in [0.1, 0.15) is 51.0 Å². The monoisotopic (exact) mass is 306 g/mol. The highest BCUT2D eigenvalue weighted by atomic mass is 14.7. The van der Waals surface area contributed by atoms with E-state index in [1.54, 1.807) is 0 Å². The number of hydrogen-bond donors (Lipinski definition) is 1. The molecule has 0 amide bonds. The van der Waals surface area contributed by atoms with Gasteiger partial charge in [0.25, 0.3) is 0 Å². The molecule has 3 rings (SSSR count). The minimum absolute atomic E-state index is 0.906. The first-order chi connectivity index (χ1) is 11.3. The van der Waals surface area contributed by atoms with Crippen molar-refractivity contribution in [2.75, 3.05) is 5.73 Å². The molecular weight excluding hydrogens is 280 g/mol. The summed E-state index contributed by atoms with van der Waals surface area (Å²) in [6.45, 7) is 2.26. The SMILES string of the molecule is CCCCCCCCc1c(N)ccc2nc3ccccc3cc12. The quantitative estimate of drug-likeness (QED) is 0.336. The third kappa shape index (κ3) is 3.64. The summed E-state index contributed by atoms with van der Waals surface area (Å²) in [5.74, 6) is 0. The zero-order valence-electron chi connectivity index (χ0n) is 14.0. The van der Waals surface area contributed by atoms with Gasteiger partial charge in [0.05, 0.1) is 11.0 Å². The number of pyridine rings is 1. The molecule has 2 aromatic carbocycles. The molecule has 2 heteroatoms. The van der Waals surface area contributed by atoms with E-state index in [9.17, 15) is 0 Å². The van der Waals surface area contributed by atoms with Crippen LogP contribution in [0.2, 0.25) is 0 Å². The average Bonchev–Trinajstić information content (AvgIpc) is 2.58. The standard InChI is InChI=1S/C21H26N2/c1-2-3-4-5-6-7-11-17-18-15-16-10-8-9-12-20(16)23-21(18)14-13-19(17)22/h8-10,12-15H,2-7,11,22H2,1H3. The van der Waals surface area contributed by atoms with Crippen molar-refractivity contribution in [3.05, 3.63) is 48.0 Å². The molecule has 0 fully saturated rings. The van der Waals surface area contributed by atoms with Gasteiger partial charge < -0.3 is 5.73 Å². The average molecular weight is 306 g/mol. The van der Waals surface area contributed by atoms with Crippen LogP contribution in [0.25, 0.3) is 21.8 Å². The fraction of sp³-hybridized carbons (Fsp3) is 0.381. The van der Waals surface area contributed by atoms with Gasteiger partial charge in [0.15, 0.2) is 0 Å². The Labute approximate surface area is 138 Å². The fourth-order valence-electron chi connectivity index (χ4n) is 3.29. The molecule has 0 radical (unpaired) electrons. The Morgan fingerprint density at radius 1 is 0.870 bits per heavy atom. The summed E-state index contributed by atoms with van der Waals surface area (Å²) in [6, 6.07) is 14.6. The lowest BCUT2D eigenvalue weighted by Crippen LogP contribution is -1.97. The highest BCUT2D eigenvalue weighted by molar-refractivity contribution is 5.96. The van der Waals surface area contributed by atoms with Gasteiger partial charge in [-0.3, -0.25) is 0 Å². The van der Waals surface area contributed by atoms with E-state index in [-0.39, 0.29) is 0 Å². The van der Waals surface area contributed by atoms with Crippen LogP contribution in [0, 0.1) is 0 Å². The van der Waals surface area contributed by atoms with Crippen LogP contribution in [0.15, 0.2) is 42.5 Å². The van der Waals surface area contributed by atoms with E-state index in [2.05, 4.69) is 31.2 Å². The van der Waals surface area contributed by atoms with E-state index in [0.717, 1.165) is 23.1 Å². The van der Waals surface area contributed by atoms with Gasteiger partial charge >= 0.3 is 0 Å². The second kappa shape index (κ2) is 7.45. The third-order valence-electron chi connectivity index (χ3n) is 4.63. The minimum atomic E-state index is 0.906. The number of nitrogens with zero attached hydrogens (tertiary/aromatic N) is 1. The van der Waals surface area contributed by atoms with E-state index in [1.807, 2.05) is 18.2 Å². The predicted octanol–water partition coefficient (Wildman–Crippen LogP) is 5.87. The highest BCUT2D eigenvalue weighted by Gasteiger charge is 2.08. The van der Waals surface area contributed by atoms with Crippen molar-refractivity contribution in [1.29, 1.82) is 0 Å². The number of aromatic nitrogens is 1. The molecule has 0 aliphatic heterocycles. The summed E-state index contributed by atoms with van der Waals surface area (Å²) in [4.78, 5) is 4.79. The van der Waals surface area contributed by atoms with Gasteiger partial charge in [-0.05, 0) is 42.7 Å². The maximum Gasteiger partial charge on any atom is 0.0714 e. The molecule has 2 nitrogen and oxygen atoms in total. The summed E-state index contributed by atoms with van der Waals surface area (Å²) >= 11 is 0. The first-order valence-electron chi connectivity index (χ1n) is 8.86. The number of para-hydroxylation sites is 1. The number of unbranched alkanes of at least 4 members (excludes halogenated alkanes) is 5. The number of hydrogen-bond acceptors (Lipinski definition) is 2. The largest absolute Gasteiger partial charge is 0.398 e.